The van der Waals surface area contributed by atoms with Gasteiger partial charge in [-0.3, -0.25) is 14.6 Å². The zero-order chi connectivity index (χ0) is 13.2. The van der Waals surface area contributed by atoms with Crippen molar-refractivity contribution in [3.63, 3.8) is 0 Å². The highest BCUT2D eigenvalue weighted by molar-refractivity contribution is 7.65. The molecule has 100 valence electrons. The summed E-state index contributed by atoms with van der Waals surface area (Å²) in [5.74, 6) is 0.680. The van der Waals surface area contributed by atoms with Crippen LogP contribution in [-0.2, 0) is 6.42 Å². The number of phenols is 1. The zero-order valence-corrected chi connectivity index (χ0v) is 13.1. The van der Waals surface area contributed by atoms with Crippen molar-refractivity contribution in [1.29, 1.82) is 0 Å². The summed E-state index contributed by atoms with van der Waals surface area (Å²) in [6.45, 7) is 3.63. The van der Waals surface area contributed by atoms with E-state index in [1.807, 2.05) is 12.1 Å². The van der Waals surface area contributed by atoms with Crippen LogP contribution >= 0.6 is 26.6 Å². The van der Waals surface area contributed by atoms with E-state index in [2.05, 4.69) is 21.2 Å². The molecule has 1 aliphatic rings. The summed E-state index contributed by atoms with van der Waals surface area (Å²) in [6, 6.07) is 5.27. The lowest BCUT2D eigenvalue weighted by Gasteiger charge is -2.12. The lowest BCUT2D eigenvalue weighted by molar-refractivity contribution is 0.373. The molecular formula is C10H18N3O2P3. The van der Waals surface area contributed by atoms with E-state index < -0.39 is 0 Å². The molecule has 1 heterocycles. The first kappa shape index (κ1) is 15.8. The van der Waals surface area contributed by atoms with Gasteiger partial charge in [-0.05, 0) is 24.1 Å². The smallest absolute Gasteiger partial charge is 0.160 e. The SMILES string of the molecule is C=CCc1ccc(O)c(OC)c1.N1PNPNP1. The molecule has 0 spiro atoms. The molecule has 5 nitrogen and oxygen atoms in total. The van der Waals surface area contributed by atoms with Gasteiger partial charge in [-0.1, -0.05) is 12.1 Å². The highest BCUT2D eigenvalue weighted by Crippen LogP contribution is 2.26. The Morgan fingerprint density at radius 1 is 1.28 bits per heavy atom. The molecule has 0 amide bonds. The summed E-state index contributed by atoms with van der Waals surface area (Å²) >= 11 is 0. The summed E-state index contributed by atoms with van der Waals surface area (Å²) in [6.07, 6.45) is 2.60. The molecule has 18 heavy (non-hydrogen) atoms. The average molecular weight is 305 g/mol. The van der Waals surface area contributed by atoms with Crippen LogP contribution in [0.25, 0.3) is 0 Å². The highest BCUT2D eigenvalue weighted by Gasteiger charge is 2.00. The number of nitrogens with one attached hydrogen (secondary N) is 3. The number of hydrogen-bond acceptors (Lipinski definition) is 5. The maximum Gasteiger partial charge on any atom is 0.160 e. The van der Waals surface area contributed by atoms with Crippen LogP contribution in [-0.4, -0.2) is 12.2 Å². The fourth-order valence-corrected chi connectivity index (χ4v) is 4.39. The maximum absolute atomic E-state index is 9.25. The third-order valence-corrected chi connectivity index (χ3v) is 5.00. The van der Waals surface area contributed by atoms with Crippen LogP contribution in [0.1, 0.15) is 5.56 Å². The van der Waals surface area contributed by atoms with Crippen molar-refractivity contribution >= 4 is 26.6 Å². The van der Waals surface area contributed by atoms with Crippen molar-refractivity contribution in [1.82, 2.24) is 14.6 Å². The summed E-state index contributed by atoms with van der Waals surface area (Å²) in [4.78, 5) is 9.38. The molecule has 0 radical (unpaired) electrons. The van der Waals surface area contributed by atoms with Gasteiger partial charge in [-0.2, -0.15) is 0 Å². The maximum atomic E-state index is 9.25. The van der Waals surface area contributed by atoms with Gasteiger partial charge in [0, 0.05) is 26.6 Å². The summed E-state index contributed by atoms with van der Waals surface area (Å²) in [5.41, 5.74) is 1.08. The second-order valence-electron chi connectivity index (χ2n) is 3.25. The summed E-state index contributed by atoms with van der Waals surface area (Å²) in [7, 11) is 3.83. The van der Waals surface area contributed by atoms with Crippen LogP contribution in [0.4, 0.5) is 0 Å². The van der Waals surface area contributed by atoms with Gasteiger partial charge in [0.25, 0.3) is 0 Å². The van der Waals surface area contributed by atoms with Crippen LogP contribution in [0.15, 0.2) is 30.9 Å². The average Bonchev–Trinajstić information content (AvgIpc) is 2.44. The molecule has 1 aromatic carbocycles. The standard InChI is InChI=1S/C10H12O2.H6N3P3/c1-3-4-8-5-6-9(11)10(7-8)12-2;1-4-2-6-3-5-1/h3,5-7,11H,1,4H2,2H3;1-6H. The first-order valence-electron chi connectivity index (χ1n) is 5.24. The highest BCUT2D eigenvalue weighted by atomic mass is 31.2. The molecule has 2 rings (SSSR count). The van der Waals surface area contributed by atoms with E-state index in [9.17, 15) is 5.11 Å². The monoisotopic (exact) mass is 305 g/mol. The number of allylic oxidation sites excluding steroid dienone is 1. The fourth-order valence-electron chi connectivity index (χ4n) is 1.20. The van der Waals surface area contributed by atoms with Crippen molar-refractivity contribution in [2.24, 2.45) is 0 Å². The Labute approximate surface area is 113 Å². The molecule has 0 aliphatic carbocycles. The lowest BCUT2D eigenvalue weighted by Crippen LogP contribution is -2.07. The predicted molar refractivity (Wildman–Crippen MR) is 82.9 cm³/mol. The molecule has 1 aromatic rings. The number of rotatable bonds is 3. The molecule has 0 unspecified atom stereocenters. The van der Waals surface area contributed by atoms with Crippen LogP contribution < -0.4 is 19.3 Å². The Morgan fingerprint density at radius 2 is 1.89 bits per heavy atom. The Kier molecular flexibility index (Phi) is 8.45. The molecule has 0 aromatic heterocycles. The number of phenolic OH excluding ortho intramolecular Hbond substituents is 1. The first-order chi connectivity index (χ1) is 8.77. The first-order valence-corrected chi connectivity index (χ1v) is 8.24. The lowest BCUT2D eigenvalue weighted by atomic mass is 10.1. The van der Waals surface area contributed by atoms with Crippen molar-refractivity contribution in [2.75, 3.05) is 7.11 Å². The number of methoxy groups -OCH3 is 1. The number of ether oxygens (including phenoxy) is 1. The molecule has 8 heteroatoms. The van der Waals surface area contributed by atoms with Crippen LogP contribution in [0.5, 0.6) is 11.5 Å². The van der Waals surface area contributed by atoms with E-state index in [1.165, 1.54) is 7.11 Å². The number of aromatic hydroxyl groups is 1. The quantitative estimate of drug-likeness (QED) is 0.510. The molecular weight excluding hydrogens is 287 g/mol. The molecule has 0 saturated carbocycles. The van der Waals surface area contributed by atoms with Crippen LogP contribution in [0, 0.1) is 0 Å². The van der Waals surface area contributed by atoms with Gasteiger partial charge < -0.3 is 9.84 Å². The third kappa shape index (κ3) is 6.06. The van der Waals surface area contributed by atoms with Crippen LogP contribution in [0.2, 0.25) is 0 Å². The third-order valence-electron chi connectivity index (χ3n) is 2.00. The summed E-state index contributed by atoms with van der Waals surface area (Å²) < 4.78 is 4.95. The van der Waals surface area contributed by atoms with Crippen molar-refractivity contribution < 1.29 is 9.84 Å². The molecule has 0 atom stereocenters. The van der Waals surface area contributed by atoms with Gasteiger partial charge in [0.15, 0.2) is 11.5 Å². The van der Waals surface area contributed by atoms with Crippen LogP contribution in [0.3, 0.4) is 0 Å². The molecule has 1 fully saturated rings. The van der Waals surface area contributed by atoms with Gasteiger partial charge in [0.05, 0.1) is 7.11 Å². The van der Waals surface area contributed by atoms with E-state index in [1.54, 1.807) is 12.1 Å². The van der Waals surface area contributed by atoms with E-state index in [4.69, 9.17) is 4.74 Å². The van der Waals surface area contributed by atoms with Gasteiger partial charge in [-0.15, -0.1) is 6.58 Å². The minimum atomic E-state index is 0.172. The number of benzene rings is 1. The minimum absolute atomic E-state index is 0.172. The van der Waals surface area contributed by atoms with Crippen molar-refractivity contribution in [2.45, 2.75) is 6.42 Å². The fraction of sp³-hybridized carbons (Fsp3) is 0.200. The Morgan fingerprint density at radius 3 is 2.33 bits per heavy atom. The molecule has 1 saturated heterocycles. The van der Waals surface area contributed by atoms with Crippen molar-refractivity contribution in [3.05, 3.63) is 36.4 Å². The van der Waals surface area contributed by atoms with E-state index in [-0.39, 0.29) is 5.75 Å². The second-order valence-corrected chi connectivity index (χ2v) is 7.00. The second kappa shape index (κ2) is 9.63. The minimum Gasteiger partial charge on any atom is -0.504 e. The molecule has 4 N–H and O–H groups in total. The Bertz CT molecular complexity index is 364. The zero-order valence-electron chi connectivity index (χ0n) is 10.1. The van der Waals surface area contributed by atoms with Crippen molar-refractivity contribution in [3.8, 4) is 11.5 Å². The van der Waals surface area contributed by atoms with E-state index in [0.717, 1.165) is 38.6 Å². The predicted octanol–water partition coefficient (Wildman–Crippen LogP) is 2.42. The van der Waals surface area contributed by atoms with E-state index in [0.29, 0.717) is 5.75 Å². The Balaban J connectivity index is 0.000000225. The Hall–Kier alpha value is -0.270. The normalized spacial score (nSPS) is 18.3. The van der Waals surface area contributed by atoms with Gasteiger partial charge in [0.2, 0.25) is 0 Å². The largest absolute Gasteiger partial charge is 0.504 e. The molecule has 0 bridgehead atoms. The van der Waals surface area contributed by atoms with Gasteiger partial charge >= 0.3 is 0 Å². The topological polar surface area (TPSA) is 65.5 Å². The van der Waals surface area contributed by atoms with E-state index >= 15 is 0 Å². The molecule has 1 aliphatic heterocycles. The van der Waals surface area contributed by atoms with Gasteiger partial charge in [0.1, 0.15) is 0 Å². The number of hydrogen-bond donors (Lipinski definition) is 4. The van der Waals surface area contributed by atoms with Gasteiger partial charge in [-0.25, -0.2) is 0 Å². The summed E-state index contributed by atoms with van der Waals surface area (Å²) in [5, 5.41) is 9.25.